The zero-order valence-corrected chi connectivity index (χ0v) is 11.2. The van der Waals surface area contributed by atoms with E-state index in [1.54, 1.807) is 0 Å². The maximum absolute atomic E-state index is 8.70. The van der Waals surface area contributed by atoms with Gasteiger partial charge in [0.15, 0.2) is 0 Å². The number of hydrogen-bond donors (Lipinski definition) is 2. The molecule has 0 aromatic rings. The summed E-state index contributed by atoms with van der Waals surface area (Å²) < 4.78 is 17.2. The van der Waals surface area contributed by atoms with Crippen LogP contribution in [0.2, 0.25) is 0 Å². The zero-order chi connectivity index (χ0) is 7.15. The first-order valence-electron chi connectivity index (χ1n) is 1.13. The normalized spacial score (nSPS) is 5.20. The minimum Gasteiger partial charge on any atom is -0.598 e. The van der Waals surface area contributed by atoms with E-state index in [0.717, 1.165) is 0 Å². The van der Waals surface area contributed by atoms with Crippen LogP contribution in [-0.4, -0.2) is 9.79 Å². The second kappa shape index (κ2) is 17.2. The topological polar surface area (TPSA) is 121 Å². The Bertz CT molecular complexity index is 71.7. The van der Waals surface area contributed by atoms with Gasteiger partial charge in [0, 0.05) is 4.57 Å². The molecule has 0 rings (SSSR count). The zero-order valence-electron chi connectivity index (χ0n) is 5.42. The summed E-state index contributed by atoms with van der Waals surface area (Å²) in [7, 11) is -6.24. The Kier molecular flexibility index (Phi) is 39.1. The molecular weight excluding hydrogens is 204 g/mol. The third-order valence-electron chi connectivity index (χ3n) is 0. The van der Waals surface area contributed by atoms with Crippen LogP contribution in [0, 0.1) is 0 Å². The quantitative estimate of drug-likeness (QED) is 0.300. The molecule has 0 aromatic heterocycles. The van der Waals surface area contributed by atoms with E-state index < -0.39 is 16.5 Å². The van der Waals surface area contributed by atoms with E-state index >= 15 is 0 Å². The third-order valence-corrected chi connectivity index (χ3v) is 0. The van der Waals surface area contributed by atoms with Gasteiger partial charge in [0.25, 0.3) is 8.25 Å². The molecule has 48 valence electrons. The summed E-state index contributed by atoms with van der Waals surface area (Å²) in [5.41, 5.74) is 0. The molecular formula is H2Na2O6P2+2. The molecule has 0 spiro atoms. The van der Waals surface area contributed by atoms with E-state index in [1.807, 2.05) is 0 Å². The van der Waals surface area contributed by atoms with Crippen molar-refractivity contribution in [2.24, 2.45) is 0 Å². The van der Waals surface area contributed by atoms with Crippen molar-refractivity contribution in [1.82, 2.24) is 0 Å². The Hall–Kier alpha value is 2.04. The standard InChI is InChI=1S/2Na.2HO3P/c;;2*1-4(2)3/h;;(H-,1,2,3);(H,1,2,3)/q2*+1;;. The van der Waals surface area contributed by atoms with Crippen molar-refractivity contribution in [2.75, 3.05) is 0 Å². The van der Waals surface area contributed by atoms with Gasteiger partial charge in [0.2, 0.25) is 0 Å². The molecule has 6 nitrogen and oxygen atoms in total. The molecule has 0 saturated carbocycles. The Morgan fingerprint density at radius 2 is 1.00 bits per heavy atom. The predicted octanol–water partition coefficient (Wildman–Crippen LogP) is -8.00. The molecule has 0 atom stereocenters. The summed E-state index contributed by atoms with van der Waals surface area (Å²) in [5, 5.41) is 0. The summed E-state index contributed by atoms with van der Waals surface area (Å²) >= 11 is 0. The predicted molar refractivity (Wildman–Crippen MR) is 19.7 cm³/mol. The fourth-order valence-corrected chi connectivity index (χ4v) is 0. The van der Waals surface area contributed by atoms with E-state index in [0.29, 0.717) is 0 Å². The van der Waals surface area contributed by atoms with Gasteiger partial charge >= 0.3 is 67.4 Å². The molecule has 0 aliphatic heterocycles. The molecule has 10 heavy (non-hydrogen) atoms. The van der Waals surface area contributed by atoms with Crippen LogP contribution in [0.5, 0.6) is 0 Å². The van der Waals surface area contributed by atoms with Gasteiger partial charge in [-0.2, -0.15) is 0 Å². The summed E-state index contributed by atoms with van der Waals surface area (Å²) in [6, 6.07) is 0. The summed E-state index contributed by atoms with van der Waals surface area (Å²) in [6.07, 6.45) is 0. The fraction of sp³-hybridized carbons (Fsp3) is 0. The molecule has 0 radical (unpaired) electrons. The van der Waals surface area contributed by atoms with Crippen molar-refractivity contribution in [1.29, 1.82) is 0 Å². The van der Waals surface area contributed by atoms with Crippen LogP contribution in [0.4, 0.5) is 0 Å². The first kappa shape index (κ1) is 22.7. The molecule has 10 heteroatoms. The summed E-state index contributed by atoms with van der Waals surface area (Å²) in [4.78, 5) is 31.2. The van der Waals surface area contributed by atoms with E-state index in [9.17, 15) is 0 Å². The van der Waals surface area contributed by atoms with E-state index in [4.69, 9.17) is 28.7 Å². The molecule has 0 heterocycles. The molecule has 2 N–H and O–H groups in total. The van der Waals surface area contributed by atoms with E-state index in [1.165, 1.54) is 0 Å². The van der Waals surface area contributed by atoms with Gasteiger partial charge < -0.3 is 9.79 Å². The Morgan fingerprint density at radius 1 is 1.00 bits per heavy atom. The molecule has 0 fully saturated rings. The van der Waals surface area contributed by atoms with Crippen molar-refractivity contribution in [3.8, 4) is 0 Å². The van der Waals surface area contributed by atoms with Crippen LogP contribution in [0.3, 0.4) is 0 Å². The van der Waals surface area contributed by atoms with Crippen LogP contribution in [0.1, 0.15) is 0 Å². The first-order chi connectivity index (χ1) is 3.46. The van der Waals surface area contributed by atoms with Gasteiger partial charge in [-0.3, -0.25) is 0 Å². The van der Waals surface area contributed by atoms with Crippen LogP contribution in [-0.2, 0) is 9.13 Å². The minimum atomic E-state index is -3.37. The van der Waals surface area contributed by atoms with E-state index in [-0.39, 0.29) is 59.1 Å². The average Bonchev–Trinajstić information content (AvgIpc) is 1.25. The second-order valence-electron chi connectivity index (χ2n) is 0.476. The Labute approximate surface area is 103 Å². The van der Waals surface area contributed by atoms with Crippen LogP contribution in [0.25, 0.3) is 0 Å². The van der Waals surface area contributed by atoms with Gasteiger partial charge in [-0.05, 0) is 0 Å². The van der Waals surface area contributed by atoms with Gasteiger partial charge in [-0.15, -0.1) is 9.79 Å². The second-order valence-corrected chi connectivity index (χ2v) is 1.43. The molecule has 0 unspecified atom stereocenters. The first-order valence-corrected chi connectivity index (χ1v) is 3.39. The van der Waals surface area contributed by atoms with Crippen molar-refractivity contribution >= 4 is 16.5 Å². The number of hydrogen-bond acceptors (Lipinski definition) is 4. The van der Waals surface area contributed by atoms with Crippen LogP contribution < -0.4 is 68.9 Å². The molecule has 0 aromatic carbocycles. The van der Waals surface area contributed by atoms with Crippen molar-refractivity contribution in [3.63, 3.8) is 0 Å². The molecule has 0 amide bonds. The molecule has 0 aliphatic rings. The molecule has 0 bridgehead atoms. The van der Waals surface area contributed by atoms with Crippen LogP contribution in [0.15, 0.2) is 0 Å². The largest absolute Gasteiger partial charge is 1.00 e. The van der Waals surface area contributed by atoms with Gasteiger partial charge in [-0.1, -0.05) is 4.57 Å². The summed E-state index contributed by atoms with van der Waals surface area (Å²) in [5.74, 6) is 0. The number of rotatable bonds is 0. The Morgan fingerprint density at radius 3 is 1.00 bits per heavy atom. The maximum Gasteiger partial charge on any atom is 1.00 e. The van der Waals surface area contributed by atoms with Crippen molar-refractivity contribution < 1.29 is 87.8 Å². The van der Waals surface area contributed by atoms with Crippen molar-refractivity contribution in [2.45, 2.75) is 0 Å². The smallest absolute Gasteiger partial charge is 0.598 e. The van der Waals surface area contributed by atoms with Gasteiger partial charge in [0.05, 0.1) is 0 Å². The maximum atomic E-state index is 8.70. The SMILES string of the molecule is O=[P+](O)O.O=[P+]([O-])[O-].[Na+].[Na+]. The average molecular weight is 206 g/mol. The van der Waals surface area contributed by atoms with Crippen molar-refractivity contribution in [3.05, 3.63) is 0 Å². The van der Waals surface area contributed by atoms with E-state index in [2.05, 4.69) is 0 Å². The Balaban J connectivity index is -0.0000000300. The minimum absolute atomic E-state index is 0. The van der Waals surface area contributed by atoms with Gasteiger partial charge in [-0.25, -0.2) is 0 Å². The molecule has 0 aliphatic carbocycles. The fourth-order valence-electron chi connectivity index (χ4n) is 0. The third kappa shape index (κ3) is 197. The molecule has 0 saturated heterocycles. The summed E-state index contributed by atoms with van der Waals surface area (Å²) in [6.45, 7) is 0. The van der Waals surface area contributed by atoms with Crippen LogP contribution >= 0.6 is 16.5 Å². The monoisotopic (exact) mass is 206 g/mol. The van der Waals surface area contributed by atoms with Gasteiger partial charge in [0.1, 0.15) is 0 Å².